The molecule has 1 heterocycles. The molecule has 9 heteroatoms. The van der Waals surface area contributed by atoms with Crippen molar-refractivity contribution >= 4 is 18.2 Å². The van der Waals surface area contributed by atoms with Gasteiger partial charge in [-0.15, -0.1) is 0 Å². The van der Waals surface area contributed by atoms with Crippen molar-refractivity contribution in [2.24, 2.45) is 0 Å². The summed E-state index contributed by atoms with van der Waals surface area (Å²) in [5.41, 5.74) is -1.01. The Hall–Kier alpha value is -3.10. The Balaban J connectivity index is 3.12. The third-order valence-electron chi connectivity index (χ3n) is 2.82. The summed E-state index contributed by atoms with van der Waals surface area (Å²) in [7, 11) is 0. The number of aromatic nitrogens is 1. The van der Waals surface area contributed by atoms with Gasteiger partial charge >= 0.3 is 6.09 Å². The molecule has 0 atom stereocenters. The van der Waals surface area contributed by atoms with Crippen LogP contribution in [-0.4, -0.2) is 38.8 Å². The van der Waals surface area contributed by atoms with Gasteiger partial charge in [0.15, 0.2) is 12.1 Å². The summed E-state index contributed by atoms with van der Waals surface area (Å²) in [5.74, 6) is -2.21. The van der Waals surface area contributed by atoms with Crippen molar-refractivity contribution in [3.05, 3.63) is 47.7 Å². The van der Waals surface area contributed by atoms with E-state index in [4.69, 9.17) is 15.3 Å². The van der Waals surface area contributed by atoms with Crippen LogP contribution in [0.2, 0.25) is 0 Å². The van der Waals surface area contributed by atoms with Crippen LogP contribution in [0.15, 0.2) is 36.3 Å². The molecule has 0 radical (unpaired) electrons. The average molecular weight is 367 g/mol. The second kappa shape index (κ2) is 8.84. The highest BCUT2D eigenvalue weighted by Crippen LogP contribution is 2.17. The van der Waals surface area contributed by atoms with Crippen LogP contribution in [0.3, 0.4) is 0 Å². The SMILES string of the molecule is CC(C)(C)OC(=O)N(Cc1cnc(O)c(F)c1)C(=N)/C=C\C(C=O)=C\F. The van der Waals surface area contributed by atoms with Gasteiger partial charge in [-0.05, 0) is 44.6 Å². The molecule has 0 bridgehead atoms. The zero-order valence-electron chi connectivity index (χ0n) is 14.5. The van der Waals surface area contributed by atoms with Crippen LogP contribution in [0, 0.1) is 11.2 Å². The number of carbonyl (C=O) groups excluding carboxylic acids is 2. The Kier molecular flexibility index (Phi) is 7.12. The summed E-state index contributed by atoms with van der Waals surface area (Å²) < 4.78 is 31.1. The highest BCUT2D eigenvalue weighted by Gasteiger charge is 2.25. The van der Waals surface area contributed by atoms with Gasteiger partial charge in [0.25, 0.3) is 0 Å². The molecule has 1 aromatic heterocycles. The molecule has 0 aliphatic heterocycles. The summed E-state index contributed by atoms with van der Waals surface area (Å²) in [6, 6.07) is 0.953. The average Bonchev–Trinajstić information content (AvgIpc) is 2.54. The van der Waals surface area contributed by atoms with E-state index in [1.54, 1.807) is 20.8 Å². The number of amidine groups is 1. The molecule has 0 spiro atoms. The molecule has 0 aromatic carbocycles. The molecule has 0 aliphatic carbocycles. The molecule has 26 heavy (non-hydrogen) atoms. The van der Waals surface area contributed by atoms with Crippen LogP contribution in [0.4, 0.5) is 13.6 Å². The van der Waals surface area contributed by atoms with E-state index in [-0.39, 0.29) is 30.3 Å². The van der Waals surface area contributed by atoms with Crippen molar-refractivity contribution in [1.29, 1.82) is 5.41 Å². The van der Waals surface area contributed by atoms with Gasteiger partial charge < -0.3 is 9.84 Å². The number of pyridine rings is 1. The van der Waals surface area contributed by atoms with Crippen LogP contribution in [0.1, 0.15) is 26.3 Å². The topological polar surface area (TPSA) is 104 Å². The van der Waals surface area contributed by atoms with Gasteiger partial charge in [0.05, 0.1) is 12.9 Å². The van der Waals surface area contributed by atoms with Crippen molar-refractivity contribution < 1.29 is 28.2 Å². The number of carbonyl (C=O) groups is 2. The minimum Gasteiger partial charge on any atom is -0.491 e. The highest BCUT2D eigenvalue weighted by molar-refractivity contribution is 6.01. The first kappa shape index (κ1) is 20.9. The van der Waals surface area contributed by atoms with E-state index >= 15 is 0 Å². The van der Waals surface area contributed by atoms with Crippen LogP contribution in [0.25, 0.3) is 0 Å². The number of rotatable bonds is 5. The Morgan fingerprint density at radius 1 is 1.42 bits per heavy atom. The van der Waals surface area contributed by atoms with Crippen molar-refractivity contribution in [2.75, 3.05) is 0 Å². The second-order valence-electron chi connectivity index (χ2n) is 6.16. The van der Waals surface area contributed by atoms with E-state index in [9.17, 15) is 18.4 Å². The number of halogens is 2. The van der Waals surface area contributed by atoms with Crippen LogP contribution >= 0.6 is 0 Å². The lowest BCUT2D eigenvalue weighted by molar-refractivity contribution is -0.104. The maximum Gasteiger partial charge on any atom is 0.416 e. The molecule has 7 nitrogen and oxygen atoms in total. The molecule has 2 N–H and O–H groups in total. The van der Waals surface area contributed by atoms with Gasteiger partial charge in [-0.1, -0.05) is 0 Å². The van der Waals surface area contributed by atoms with Crippen molar-refractivity contribution in [1.82, 2.24) is 9.88 Å². The van der Waals surface area contributed by atoms with E-state index in [2.05, 4.69) is 4.98 Å². The smallest absolute Gasteiger partial charge is 0.416 e. The number of allylic oxidation sites excluding steroid dienone is 2. The predicted octanol–water partition coefficient (Wildman–Crippen LogP) is 3.25. The van der Waals surface area contributed by atoms with Gasteiger partial charge in [-0.3, -0.25) is 15.1 Å². The van der Waals surface area contributed by atoms with Crippen molar-refractivity contribution in [2.45, 2.75) is 32.9 Å². The molecule has 0 fully saturated rings. The molecule has 1 amide bonds. The fraction of sp³-hybridized carbons (Fsp3) is 0.294. The lowest BCUT2D eigenvalue weighted by Crippen LogP contribution is -2.39. The number of hydrogen-bond acceptors (Lipinski definition) is 6. The second-order valence-corrected chi connectivity index (χ2v) is 6.16. The first-order chi connectivity index (χ1) is 12.1. The number of ether oxygens (including phenoxy) is 1. The van der Waals surface area contributed by atoms with Crippen molar-refractivity contribution in [3.63, 3.8) is 0 Å². The van der Waals surface area contributed by atoms with Gasteiger partial charge in [-0.25, -0.2) is 18.6 Å². The number of aromatic hydroxyl groups is 1. The minimum absolute atomic E-state index is 0.0495. The number of aldehydes is 1. The highest BCUT2D eigenvalue weighted by atomic mass is 19.1. The van der Waals surface area contributed by atoms with E-state index in [0.717, 1.165) is 29.3 Å². The number of amides is 1. The van der Waals surface area contributed by atoms with E-state index in [0.29, 0.717) is 0 Å². The first-order valence-corrected chi connectivity index (χ1v) is 7.43. The zero-order valence-corrected chi connectivity index (χ0v) is 14.5. The Labute approximate surface area is 149 Å². The number of nitrogens with zero attached hydrogens (tertiary/aromatic N) is 2. The molecular formula is C17H19F2N3O4. The molecule has 1 rings (SSSR count). The first-order valence-electron chi connectivity index (χ1n) is 7.43. The van der Waals surface area contributed by atoms with Crippen molar-refractivity contribution in [3.8, 4) is 5.88 Å². The Morgan fingerprint density at radius 2 is 2.08 bits per heavy atom. The largest absolute Gasteiger partial charge is 0.491 e. The number of nitrogens with one attached hydrogen (secondary N) is 1. The van der Waals surface area contributed by atoms with Gasteiger partial charge in [0, 0.05) is 11.8 Å². The molecule has 0 saturated heterocycles. The van der Waals surface area contributed by atoms with Crippen LogP contribution in [0.5, 0.6) is 5.88 Å². The molecule has 140 valence electrons. The molecular weight excluding hydrogens is 348 g/mol. The summed E-state index contributed by atoms with van der Waals surface area (Å²) >= 11 is 0. The summed E-state index contributed by atoms with van der Waals surface area (Å²) in [6.45, 7) is 4.58. The molecule has 0 saturated carbocycles. The van der Waals surface area contributed by atoms with E-state index < -0.39 is 29.2 Å². The van der Waals surface area contributed by atoms with E-state index in [1.807, 2.05) is 0 Å². The minimum atomic E-state index is -0.989. The fourth-order valence-electron chi connectivity index (χ4n) is 1.67. The lowest BCUT2D eigenvalue weighted by atomic mass is 10.2. The van der Waals surface area contributed by atoms with Gasteiger partial charge in [0.1, 0.15) is 11.4 Å². The quantitative estimate of drug-likeness (QED) is 0.273. The molecule has 0 unspecified atom stereocenters. The number of hydrogen-bond donors (Lipinski definition) is 2. The van der Waals surface area contributed by atoms with E-state index in [1.165, 1.54) is 0 Å². The Bertz CT molecular complexity index is 755. The maximum atomic E-state index is 13.4. The summed E-state index contributed by atoms with van der Waals surface area (Å²) in [4.78, 5) is 27.2. The summed E-state index contributed by atoms with van der Waals surface area (Å²) in [5, 5.41) is 17.1. The van der Waals surface area contributed by atoms with Crippen LogP contribution < -0.4 is 0 Å². The van der Waals surface area contributed by atoms with Gasteiger partial charge in [0.2, 0.25) is 5.88 Å². The zero-order chi connectivity index (χ0) is 19.9. The Morgan fingerprint density at radius 3 is 2.58 bits per heavy atom. The fourth-order valence-corrected chi connectivity index (χ4v) is 1.67. The monoisotopic (exact) mass is 367 g/mol. The normalized spacial score (nSPS) is 12.1. The molecule has 0 aliphatic rings. The predicted molar refractivity (Wildman–Crippen MR) is 89.8 cm³/mol. The van der Waals surface area contributed by atoms with Crippen LogP contribution in [-0.2, 0) is 16.1 Å². The standard InChI is InChI=1S/C17H19F2N3O4/c1-17(2,3)26-16(25)22(14(20)5-4-11(7-18)10-23)9-12-6-13(19)15(24)21-8-12/h4-8,10,20H,9H2,1-3H3,(H,21,24)/b5-4-,11-7-,20-14?. The summed E-state index contributed by atoms with van der Waals surface area (Å²) in [6.07, 6.45) is 2.54. The maximum absolute atomic E-state index is 13.4. The lowest BCUT2D eigenvalue weighted by Gasteiger charge is -2.26. The van der Waals surface area contributed by atoms with Gasteiger partial charge in [-0.2, -0.15) is 0 Å². The third-order valence-corrected chi connectivity index (χ3v) is 2.82. The third kappa shape index (κ3) is 6.42. The molecule has 1 aromatic rings.